The van der Waals surface area contributed by atoms with Crippen LogP contribution in [-0.4, -0.2) is 52.6 Å². The van der Waals surface area contributed by atoms with E-state index >= 15 is 0 Å². The molecule has 2 rings (SSSR count). The van der Waals surface area contributed by atoms with E-state index < -0.39 is 45.6 Å². The molecule has 0 aliphatic carbocycles. The lowest BCUT2D eigenvalue weighted by molar-refractivity contribution is -0.148. The third kappa shape index (κ3) is 5.49. The van der Waals surface area contributed by atoms with Crippen LogP contribution in [0.2, 0.25) is 0 Å². The van der Waals surface area contributed by atoms with Gasteiger partial charge >= 0.3 is 5.97 Å². The van der Waals surface area contributed by atoms with Gasteiger partial charge in [-0.15, -0.1) is 0 Å². The Balaban J connectivity index is 2.63. The van der Waals surface area contributed by atoms with Crippen molar-refractivity contribution in [2.24, 2.45) is 5.92 Å². The molecule has 2 aromatic carbocycles. The Morgan fingerprint density at radius 2 is 1.52 bits per heavy atom. The number of aliphatic carboxylic acids is 1. The predicted molar refractivity (Wildman–Crippen MR) is 106 cm³/mol. The molecule has 29 heavy (non-hydrogen) atoms. The summed E-state index contributed by atoms with van der Waals surface area (Å²) in [5.74, 6) is -5.64. The van der Waals surface area contributed by atoms with E-state index in [2.05, 4.69) is 0 Å². The van der Waals surface area contributed by atoms with E-state index in [1.807, 2.05) is 0 Å². The lowest BCUT2D eigenvalue weighted by Gasteiger charge is -2.28. The van der Waals surface area contributed by atoms with Gasteiger partial charge in [0.2, 0.25) is 5.91 Å². The van der Waals surface area contributed by atoms with Crippen LogP contribution in [0, 0.1) is 5.92 Å². The van der Waals surface area contributed by atoms with Crippen LogP contribution in [0.3, 0.4) is 0 Å². The van der Waals surface area contributed by atoms with E-state index in [0.29, 0.717) is 16.0 Å². The number of nitrogens with zero attached hydrogens (tertiary/aromatic N) is 1. The molecule has 0 aliphatic rings. The molecule has 0 unspecified atom stereocenters. The lowest BCUT2D eigenvalue weighted by Crippen LogP contribution is -2.53. The minimum Gasteiger partial charge on any atom is -0.480 e. The Bertz CT molecular complexity index is 1020. The van der Waals surface area contributed by atoms with E-state index in [0.717, 1.165) is 0 Å². The van der Waals surface area contributed by atoms with Gasteiger partial charge in [0, 0.05) is 11.5 Å². The number of rotatable bonds is 7. The van der Waals surface area contributed by atoms with Gasteiger partial charge in [-0.25, -0.2) is 4.79 Å². The Kier molecular flexibility index (Phi) is 6.89. The monoisotopic (exact) mass is 419 g/mol. The second-order valence-electron chi connectivity index (χ2n) is 6.68. The van der Waals surface area contributed by atoms with Crippen LogP contribution in [0.5, 0.6) is 0 Å². The van der Waals surface area contributed by atoms with Crippen LogP contribution in [0.15, 0.2) is 54.6 Å². The van der Waals surface area contributed by atoms with E-state index in [1.54, 1.807) is 48.5 Å². The van der Waals surface area contributed by atoms with Crippen LogP contribution < -0.4 is 0 Å². The van der Waals surface area contributed by atoms with Crippen molar-refractivity contribution in [1.82, 2.24) is 4.90 Å². The molecule has 8 nitrogen and oxygen atoms in total. The zero-order chi connectivity index (χ0) is 21.8. The molecule has 154 valence electrons. The highest BCUT2D eigenvalue weighted by atomic mass is 32.2. The Morgan fingerprint density at radius 1 is 0.966 bits per heavy atom. The molecule has 9 heteroatoms. The smallest absolute Gasteiger partial charge is 0.328 e. The van der Waals surface area contributed by atoms with Crippen LogP contribution in [-0.2, 0) is 19.7 Å². The Hall–Kier alpha value is -3.04. The fourth-order valence-corrected chi connectivity index (χ4v) is 3.49. The summed E-state index contributed by atoms with van der Waals surface area (Å²) in [7, 11) is -4.78. The molecular formula is C20H21NO7S. The molecule has 2 aromatic rings. The highest BCUT2D eigenvalue weighted by Gasteiger charge is 2.39. The SMILES string of the molecule is CC(C)C(=O)N(C(=O)c1ccccc1-c1ccccc1)[C@@H](CS(=O)(=O)O)C(=O)O. The first-order chi connectivity index (χ1) is 13.5. The summed E-state index contributed by atoms with van der Waals surface area (Å²) in [5, 5.41) is 9.50. The summed E-state index contributed by atoms with van der Waals surface area (Å²) in [6, 6.07) is 13.0. The number of carboxylic acid groups (broad SMARTS) is 1. The lowest BCUT2D eigenvalue weighted by atomic mass is 9.98. The predicted octanol–water partition coefficient (Wildman–Crippen LogP) is 2.32. The molecule has 0 saturated carbocycles. The average molecular weight is 419 g/mol. The molecule has 0 aromatic heterocycles. The molecule has 0 radical (unpaired) electrons. The van der Waals surface area contributed by atoms with Gasteiger partial charge in [-0.3, -0.25) is 19.0 Å². The number of imide groups is 1. The minimum atomic E-state index is -4.78. The van der Waals surface area contributed by atoms with Crippen molar-refractivity contribution < 1.29 is 32.5 Å². The number of hydrogen-bond acceptors (Lipinski definition) is 5. The Morgan fingerprint density at radius 3 is 2.03 bits per heavy atom. The summed E-state index contributed by atoms with van der Waals surface area (Å²) in [6.07, 6.45) is 0. The van der Waals surface area contributed by atoms with Crippen LogP contribution in [0.4, 0.5) is 0 Å². The van der Waals surface area contributed by atoms with Gasteiger partial charge < -0.3 is 5.11 Å². The third-order valence-electron chi connectivity index (χ3n) is 4.16. The number of carboxylic acids is 1. The van der Waals surface area contributed by atoms with Crippen molar-refractivity contribution in [3.63, 3.8) is 0 Å². The van der Waals surface area contributed by atoms with Crippen molar-refractivity contribution >= 4 is 27.9 Å². The zero-order valence-corrected chi connectivity index (χ0v) is 16.7. The van der Waals surface area contributed by atoms with E-state index in [9.17, 15) is 27.9 Å². The largest absolute Gasteiger partial charge is 0.480 e. The second kappa shape index (κ2) is 8.97. The summed E-state index contributed by atoms with van der Waals surface area (Å²) < 4.78 is 31.8. The van der Waals surface area contributed by atoms with Crippen LogP contribution >= 0.6 is 0 Å². The standard InChI is InChI=1S/C20H21NO7S/c1-13(2)18(22)21(17(20(24)25)12-29(26,27)28)19(23)16-11-7-6-10-15(16)14-8-4-3-5-9-14/h3-11,13,17H,12H2,1-2H3,(H,24,25)(H,26,27,28)/t17-/m0/s1. The number of amides is 2. The summed E-state index contributed by atoms with van der Waals surface area (Å²) >= 11 is 0. The maximum absolute atomic E-state index is 13.3. The second-order valence-corrected chi connectivity index (χ2v) is 8.18. The highest BCUT2D eigenvalue weighted by molar-refractivity contribution is 7.85. The van der Waals surface area contributed by atoms with Crippen molar-refractivity contribution in [3.05, 3.63) is 60.2 Å². The van der Waals surface area contributed by atoms with E-state index in [1.165, 1.54) is 19.9 Å². The van der Waals surface area contributed by atoms with Crippen molar-refractivity contribution in [3.8, 4) is 11.1 Å². The van der Waals surface area contributed by atoms with Crippen molar-refractivity contribution in [2.75, 3.05) is 5.75 Å². The zero-order valence-electron chi connectivity index (χ0n) is 15.8. The van der Waals surface area contributed by atoms with Crippen LogP contribution in [0.25, 0.3) is 11.1 Å². The van der Waals surface area contributed by atoms with Crippen molar-refractivity contribution in [1.29, 1.82) is 0 Å². The molecule has 0 heterocycles. The summed E-state index contributed by atoms with van der Waals surface area (Å²) in [5.41, 5.74) is 1.15. The average Bonchev–Trinajstić information content (AvgIpc) is 2.66. The number of benzene rings is 2. The first-order valence-electron chi connectivity index (χ1n) is 8.72. The normalized spacial score (nSPS) is 12.4. The first kappa shape index (κ1) is 22.3. The van der Waals surface area contributed by atoms with E-state index in [-0.39, 0.29) is 5.56 Å². The van der Waals surface area contributed by atoms with Gasteiger partial charge in [-0.1, -0.05) is 62.4 Å². The minimum absolute atomic E-state index is 0.0364. The third-order valence-corrected chi connectivity index (χ3v) is 4.89. The van der Waals surface area contributed by atoms with Crippen LogP contribution in [0.1, 0.15) is 24.2 Å². The molecule has 0 aliphatic heterocycles. The maximum Gasteiger partial charge on any atom is 0.328 e. The molecule has 0 bridgehead atoms. The van der Waals surface area contributed by atoms with E-state index in [4.69, 9.17) is 4.55 Å². The fraction of sp³-hybridized carbons (Fsp3) is 0.250. The molecule has 0 fully saturated rings. The van der Waals surface area contributed by atoms with Gasteiger partial charge in [0.05, 0.1) is 0 Å². The quantitative estimate of drug-likeness (QED) is 0.659. The van der Waals surface area contributed by atoms with Crippen molar-refractivity contribution in [2.45, 2.75) is 19.9 Å². The van der Waals surface area contributed by atoms with Gasteiger partial charge in [0.15, 0.2) is 6.04 Å². The van der Waals surface area contributed by atoms with Gasteiger partial charge in [0.1, 0.15) is 5.75 Å². The van der Waals surface area contributed by atoms with Gasteiger partial charge in [0.25, 0.3) is 16.0 Å². The molecule has 0 spiro atoms. The number of hydrogen-bond donors (Lipinski definition) is 2. The fourth-order valence-electron chi connectivity index (χ4n) is 2.80. The molecule has 2 N–H and O–H groups in total. The highest BCUT2D eigenvalue weighted by Crippen LogP contribution is 2.26. The first-order valence-corrected chi connectivity index (χ1v) is 10.3. The molecule has 2 amide bonds. The molecule has 0 saturated heterocycles. The maximum atomic E-state index is 13.3. The van der Waals surface area contributed by atoms with Gasteiger partial charge in [-0.05, 0) is 17.2 Å². The Labute approximate surface area is 168 Å². The number of carbonyl (C=O) groups excluding carboxylic acids is 2. The molecular weight excluding hydrogens is 398 g/mol. The summed E-state index contributed by atoms with van der Waals surface area (Å²) in [6.45, 7) is 2.91. The summed E-state index contributed by atoms with van der Waals surface area (Å²) in [4.78, 5) is 38.1. The number of carbonyl (C=O) groups is 3. The topological polar surface area (TPSA) is 129 Å². The van der Waals surface area contributed by atoms with Gasteiger partial charge in [-0.2, -0.15) is 8.42 Å². The molecule has 1 atom stereocenters.